The zero-order valence-electron chi connectivity index (χ0n) is 11.6. The van der Waals surface area contributed by atoms with Crippen LogP contribution in [0.3, 0.4) is 0 Å². The minimum absolute atomic E-state index is 0.424. The first-order chi connectivity index (χ1) is 8.95. The molecule has 0 amide bonds. The Bertz CT molecular complexity index is 372. The van der Waals surface area contributed by atoms with Gasteiger partial charge in [-0.15, -0.1) is 0 Å². The molecule has 0 saturated carbocycles. The molecule has 110 valence electrons. The number of hydrogen-bond donors (Lipinski definition) is 1. The Morgan fingerprint density at radius 2 is 1.89 bits per heavy atom. The molecule has 0 spiro atoms. The van der Waals surface area contributed by atoms with E-state index in [9.17, 15) is 13.2 Å². The smallest absolute Gasteiger partial charge is 0.311 e. The van der Waals surface area contributed by atoms with Gasteiger partial charge in [0.05, 0.1) is 5.69 Å². The summed E-state index contributed by atoms with van der Waals surface area (Å²) in [4.78, 5) is 0. The van der Waals surface area contributed by atoms with Crippen LogP contribution in [0.25, 0.3) is 0 Å². The molecule has 1 aromatic heterocycles. The van der Waals surface area contributed by atoms with Crippen molar-refractivity contribution in [3.63, 3.8) is 0 Å². The molecule has 1 N–H and O–H groups in total. The molecule has 0 atom stereocenters. The van der Waals surface area contributed by atoms with Crippen molar-refractivity contribution in [2.75, 3.05) is 6.54 Å². The Hall–Kier alpha value is -1.04. The van der Waals surface area contributed by atoms with E-state index < -0.39 is 11.9 Å². The molecule has 0 bridgehead atoms. The Labute approximate surface area is 112 Å². The highest BCUT2D eigenvalue weighted by Crippen LogP contribution is 2.28. The van der Waals surface area contributed by atoms with Crippen molar-refractivity contribution in [1.82, 2.24) is 15.1 Å². The summed E-state index contributed by atoms with van der Waals surface area (Å²) in [7, 11) is 1.54. The molecule has 6 heteroatoms. The fourth-order valence-electron chi connectivity index (χ4n) is 1.88. The third-order valence-electron chi connectivity index (χ3n) is 3.03. The van der Waals surface area contributed by atoms with Gasteiger partial charge in [-0.05, 0) is 19.0 Å². The number of aryl methyl sites for hydroxylation is 1. The first-order valence-corrected chi connectivity index (χ1v) is 6.76. The third-order valence-corrected chi connectivity index (χ3v) is 3.03. The first kappa shape index (κ1) is 16.0. The van der Waals surface area contributed by atoms with Gasteiger partial charge >= 0.3 is 6.18 Å². The number of unbranched alkanes of at least 4 members (excludes halogenated alkanes) is 4. The molecule has 0 fully saturated rings. The number of halogens is 3. The van der Waals surface area contributed by atoms with Crippen molar-refractivity contribution in [2.45, 2.75) is 51.7 Å². The summed E-state index contributed by atoms with van der Waals surface area (Å²) in [5.74, 6) is 0. The molecule has 0 unspecified atom stereocenters. The quantitative estimate of drug-likeness (QED) is 0.737. The molecule has 0 aromatic carbocycles. The number of nitrogens with one attached hydrogen (secondary N) is 1. The van der Waals surface area contributed by atoms with E-state index in [2.05, 4.69) is 17.3 Å². The number of alkyl halides is 3. The van der Waals surface area contributed by atoms with Crippen molar-refractivity contribution in [3.05, 3.63) is 17.5 Å². The standard InChI is InChI=1S/C13H22F3N3/c1-3-4-5-6-7-8-17-10-11-9-12(13(14,15)16)18-19(11)2/h9,17H,3-8,10H2,1-2H3. The molecule has 1 aromatic rings. The normalized spacial score (nSPS) is 12.1. The average Bonchev–Trinajstić information content (AvgIpc) is 2.70. The Morgan fingerprint density at radius 3 is 2.47 bits per heavy atom. The molecule has 19 heavy (non-hydrogen) atoms. The second kappa shape index (κ2) is 7.53. The van der Waals surface area contributed by atoms with Crippen LogP contribution in [0.5, 0.6) is 0 Å². The third kappa shape index (κ3) is 5.63. The number of nitrogens with zero attached hydrogens (tertiary/aromatic N) is 2. The predicted molar refractivity (Wildman–Crippen MR) is 68.7 cm³/mol. The Morgan fingerprint density at radius 1 is 1.21 bits per heavy atom. The van der Waals surface area contributed by atoms with Crippen LogP contribution >= 0.6 is 0 Å². The summed E-state index contributed by atoms with van der Waals surface area (Å²) in [6.45, 7) is 3.42. The zero-order valence-corrected chi connectivity index (χ0v) is 11.6. The van der Waals surface area contributed by atoms with Gasteiger partial charge < -0.3 is 5.32 Å². The first-order valence-electron chi connectivity index (χ1n) is 6.76. The van der Waals surface area contributed by atoms with Crippen LogP contribution in [0.15, 0.2) is 6.07 Å². The Balaban J connectivity index is 2.28. The van der Waals surface area contributed by atoms with Gasteiger partial charge in [0, 0.05) is 13.6 Å². The van der Waals surface area contributed by atoms with Crippen LogP contribution in [-0.2, 0) is 19.8 Å². The lowest BCUT2D eigenvalue weighted by atomic mass is 10.1. The van der Waals surface area contributed by atoms with Crippen molar-refractivity contribution in [1.29, 1.82) is 0 Å². The summed E-state index contributed by atoms with van der Waals surface area (Å²) in [6, 6.07) is 1.10. The largest absolute Gasteiger partial charge is 0.435 e. The topological polar surface area (TPSA) is 29.9 Å². The monoisotopic (exact) mass is 277 g/mol. The van der Waals surface area contributed by atoms with Crippen LogP contribution < -0.4 is 5.32 Å². The average molecular weight is 277 g/mol. The Kier molecular flexibility index (Phi) is 6.34. The van der Waals surface area contributed by atoms with Gasteiger partial charge in [0.2, 0.25) is 0 Å². The van der Waals surface area contributed by atoms with Gasteiger partial charge in [0.25, 0.3) is 0 Å². The van der Waals surface area contributed by atoms with Crippen LogP contribution in [0.1, 0.15) is 50.4 Å². The van der Waals surface area contributed by atoms with Crippen molar-refractivity contribution >= 4 is 0 Å². The molecule has 0 aliphatic rings. The summed E-state index contributed by atoms with van der Waals surface area (Å²) >= 11 is 0. The highest BCUT2D eigenvalue weighted by molar-refractivity contribution is 5.12. The van der Waals surface area contributed by atoms with E-state index in [1.165, 1.54) is 37.4 Å². The zero-order chi connectivity index (χ0) is 14.3. The second-order valence-electron chi connectivity index (χ2n) is 4.73. The molecular weight excluding hydrogens is 255 g/mol. The van der Waals surface area contributed by atoms with Gasteiger partial charge in [0.15, 0.2) is 5.69 Å². The van der Waals surface area contributed by atoms with Gasteiger partial charge in [-0.25, -0.2) is 0 Å². The van der Waals surface area contributed by atoms with E-state index in [4.69, 9.17) is 0 Å². The summed E-state index contributed by atoms with van der Waals surface area (Å²) in [5, 5.41) is 6.63. The lowest BCUT2D eigenvalue weighted by Gasteiger charge is -2.04. The van der Waals surface area contributed by atoms with Crippen LogP contribution in [0.4, 0.5) is 13.2 Å². The van der Waals surface area contributed by atoms with Crippen LogP contribution in [-0.4, -0.2) is 16.3 Å². The minimum atomic E-state index is -4.36. The fraction of sp³-hybridized carbons (Fsp3) is 0.769. The molecule has 0 radical (unpaired) electrons. The van der Waals surface area contributed by atoms with Gasteiger partial charge in [-0.3, -0.25) is 4.68 Å². The van der Waals surface area contributed by atoms with Crippen molar-refractivity contribution in [3.8, 4) is 0 Å². The van der Waals surface area contributed by atoms with Crippen molar-refractivity contribution < 1.29 is 13.2 Å². The number of hydrogen-bond acceptors (Lipinski definition) is 2. The predicted octanol–water partition coefficient (Wildman–Crippen LogP) is 3.50. The SMILES string of the molecule is CCCCCCCNCc1cc(C(F)(F)F)nn1C. The molecule has 0 aliphatic carbocycles. The summed E-state index contributed by atoms with van der Waals surface area (Å²) < 4.78 is 38.6. The highest BCUT2D eigenvalue weighted by atomic mass is 19.4. The molecular formula is C13H22F3N3. The maximum absolute atomic E-state index is 12.4. The maximum Gasteiger partial charge on any atom is 0.435 e. The highest BCUT2D eigenvalue weighted by Gasteiger charge is 2.34. The van der Waals surface area contributed by atoms with E-state index >= 15 is 0 Å². The molecule has 1 rings (SSSR count). The maximum atomic E-state index is 12.4. The minimum Gasteiger partial charge on any atom is -0.311 e. The molecule has 1 heterocycles. The van der Waals surface area contributed by atoms with E-state index in [1.807, 2.05) is 0 Å². The molecule has 0 saturated heterocycles. The van der Waals surface area contributed by atoms with Gasteiger partial charge in [-0.2, -0.15) is 18.3 Å². The number of aromatic nitrogens is 2. The molecule has 3 nitrogen and oxygen atoms in total. The van der Waals surface area contributed by atoms with Crippen LogP contribution in [0.2, 0.25) is 0 Å². The van der Waals surface area contributed by atoms with E-state index in [-0.39, 0.29) is 0 Å². The van der Waals surface area contributed by atoms with Gasteiger partial charge in [0.1, 0.15) is 0 Å². The lowest BCUT2D eigenvalue weighted by Crippen LogP contribution is -2.16. The summed E-state index contributed by atoms with van der Waals surface area (Å²) in [5.41, 5.74) is -0.268. The van der Waals surface area contributed by atoms with Gasteiger partial charge in [-0.1, -0.05) is 32.6 Å². The number of rotatable bonds is 8. The molecule has 0 aliphatic heterocycles. The van der Waals surface area contributed by atoms with E-state index in [1.54, 1.807) is 0 Å². The summed E-state index contributed by atoms with van der Waals surface area (Å²) in [6.07, 6.45) is 1.54. The van der Waals surface area contributed by atoms with Crippen LogP contribution in [0, 0.1) is 0 Å². The lowest BCUT2D eigenvalue weighted by molar-refractivity contribution is -0.141. The van der Waals surface area contributed by atoms with E-state index in [0.717, 1.165) is 19.0 Å². The fourth-order valence-corrected chi connectivity index (χ4v) is 1.88. The van der Waals surface area contributed by atoms with E-state index in [0.29, 0.717) is 12.2 Å². The second-order valence-corrected chi connectivity index (χ2v) is 4.73. The van der Waals surface area contributed by atoms with Crippen molar-refractivity contribution in [2.24, 2.45) is 7.05 Å².